The minimum absolute atomic E-state index is 0.0720. The summed E-state index contributed by atoms with van der Waals surface area (Å²) < 4.78 is 6.87. The van der Waals surface area contributed by atoms with E-state index in [0.29, 0.717) is 0 Å². The quantitative estimate of drug-likeness (QED) is 0.687. The average Bonchev–Trinajstić information content (AvgIpc) is 2.81. The zero-order chi connectivity index (χ0) is 15.6. The Bertz CT molecular complexity index is 719. The molecule has 2 aromatic rings. The molecule has 0 aliphatic carbocycles. The van der Waals surface area contributed by atoms with Gasteiger partial charge in [-0.05, 0) is 25.0 Å². The first-order valence-electron chi connectivity index (χ1n) is 7.91. The lowest BCUT2D eigenvalue weighted by molar-refractivity contribution is -0.0825. The molecule has 0 spiro atoms. The maximum absolute atomic E-state index is 6.76. The van der Waals surface area contributed by atoms with Crippen LogP contribution in [0.15, 0.2) is 54.6 Å². The fourth-order valence-electron chi connectivity index (χ4n) is 3.68. The zero-order valence-corrected chi connectivity index (χ0v) is 14.4. The summed E-state index contributed by atoms with van der Waals surface area (Å²) in [5.74, 6) is 0. The monoisotopic (exact) mass is 310 g/mol. The Morgan fingerprint density at radius 2 is 1.50 bits per heavy atom. The number of ether oxygens (including phenoxy) is 1. The zero-order valence-electron chi connectivity index (χ0n) is 13.6. The molecular weight excluding hydrogens is 288 g/mol. The van der Waals surface area contributed by atoms with Crippen molar-refractivity contribution >= 4 is 11.8 Å². The van der Waals surface area contributed by atoms with E-state index in [2.05, 4.69) is 82.3 Å². The topological polar surface area (TPSA) is 9.23 Å². The molecule has 1 fully saturated rings. The Balaban J connectivity index is 2.00. The summed E-state index contributed by atoms with van der Waals surface area (Å²) in [5.41, 5.74) is 4.01. The molecule has 0 radical (unpaired) electrons. The predicted octanol–water partition coefficient (Wildman–Crippen LogP) is 5.51. The summed E-state index contributed by atoms with van der Waals surface area (Å²) in [7, 11) is 0. The molecule has 2 heteroatoms. The van der Waals surface area contributed by atoms with Gasteiger partial charge < -0.3 is 4.74 Å². The van der Waals surface area contributed by atoms with Gasteiger partial charge in [-0.2, -0.15) is 0 Å². The minimum Gasteiger partial charge on any atom is -0.347 e. The molecule has 0 N–H and O–H groups in total. The highest BCUT2D eigenvalue weighted by molar-refractivity contribution is 8.01. The van der Waals surface area contributed by atoms with E-state index in [1.165, 1.54) is 16.7 Å². The average molecular weight is 310 g/mol. The lowest BCUT2D eigenvalue weighted by Gasteiger charge is -2.53. The van der Waals surface area contributed by atoms with Crippen molar-refractivity contribution in [1.82, 2.24) is 0 Å². The molecule has 2 heterocycles. The Morgan fingerprint density at radius 1 is 0.864 bits per heavy atom. The second-order valence-corrected chi connectivity index (χ2v) is 9.20. The molecule has 4 rings (SSSR count). The first kappa shape index (κ1) is 14.3. The van der Waals surface area contributed by atoms with Crippen LogP contribution in [0.3, 0.4) is 0 Å². The summed E-state index contributed by atoms with van der Waals surface area (Å²) in [6.45, 7) is 9.39. The maximum atomic E-state index is 6.76. The number of rotatable bonds is 1. The largest absolute Gasteiger partial charge is 0.347 e. The Labute approximate surface area is 137 Å². The number of hydrogen-bond donors (Lipinski definition) is 0. The van der Waals surface area contributed by atoms with E-state index in [9.17, 15) is 0 Å². The first-order valence-corrected chi connectivity index (χ1v) is 8.73. The van der Waals surface area contributed by atoms with Crippen LogP contribution in [0.4, 0.5) is 0 Å². The molecule has 2 aromatic carbocycles. The molecule has 1 saturated heterocycles. The van der Waals surface area contributed by atoms with Crippen LogP contribution in [-0.2, 0) is 9.67 Å². The fourth-order valence-corrected chi connectivity index (χ4v) is 5.46. The van der Waals surface area contributed by atoms with Gasteiger partial charge >= 0.3 is 0 Å². The van der Waals surface area contributed by atoms with Crippen molar-refractivity contribution in [3.8, 4) is 0 Å². The van der Waals surface area contributed by atoms with Crippen LogP contribution in [0.5, 0.6) is 0 Å². The van der Waals surface area contributed by atoms with Gasteiger partial charge in [-0.15, -0.1) is 11.8 Å². The second kappa shape index (κ2) is 4.39. The van der Waals surface area contributed by atoms with E-state index in [4.69, 9.17) is 4.74 Å². The van der Waals surface area contributed by atoms with Gasteiger partial charge in [-0.3, -0.25) is 0 Å². The first-order chi connectivity index (χ1) is 10.4. The summed E-state index contributed by atoms with van der Waals surface area (Å²) in [6, 6.07) is 19.4. The van der Waals surface area contributed by atoms with Crippen molar-refractivity contribution in [2.75, 3.05) is 0 Å². The van der Waals surface area contributed by atoms with E-state index in [1.807, 2.05) is 11.8 Å². The van der Waals surface area contributed by atoms with E-state index in [-0.39, 0.29) is 21.2 Å². The third-order valence-electron chi connectivity index (χ3n) is 5.64. The standard InChI is InChI=1S/C20H22OS/c1-18(2)17-15-12-8-9-13-16(15)20(21-17,22-19(18,3)4)14-10-6-5-7-11-14/h5-13,17H,1-4H3/t17-,20-/m0/s1. The van der Waals surface area contributed by atoms with Crippen molar-refractivity contribution in [3.05, 3.63) is 71.3 Å². The predicted molar refractivity (Wildman–Crippen MR) is 92.9 cm³/mol. The van der Waals surface area contributed by atoms with Gasteiger partial charge in [0.25, 0.3) is 0 Å². The molecule has 0 aromatic heterocycles. The van der Waals surface area contributed by atoms with E-state index < -0.39 is 0 Å². The minimum atomic E-state index is -0.373. The molecule has 114 valence electrons. The van der Waals surface area contributed by atoms with E-state index in [0.717, 1.165) is 0 Å². The van der Waals surface area contributed by atoms with Crippen LogP contribution in [0, 0.1) is 5.41 Å². The molecule has 0 unspecified atom stereocenters. The molecule has 1 nitrogen and oxygen atoms in total. The van der Waals surface area contributed by atoms with Crippen LogP contribution >= 0.6 is 11.8 Å². The molecular formula is C20H22OS. The van der Waals surface area contributed by atoms with Crippen LogP contribution < -0.4 is 0 Å². The number of hydrogen-bond acceptors (Lipinski definition) is 2. The smallest absolute Gasteiger partial charge is 0.166 e. The van der Waals surface area contributed by atoms with Gasteiger partial charge in [0.1, 0.15) is 0 Å². The molecule has 2 bridgehead atoms. The highest BCUT2D eigenvalue weighted by Gasteiger charge is 2.62. The molecule has 0 amide bonds. The lowest BCUT2D eigenvalue weighted by Crippen LogP contribution is -2.48. The SMILES string of the molecule is CC1(C)S[C@]2(c3ccccc3)O[C@@H](c3ccccc32)C1(C)C. The highest BCUT2D eigenvalue weighted by atomic mass is 32.2. The maximum Gasteiger partial charge on any atom is 0.166 e. The van der Waals surface area contributed by atoms with Crippen molar-refractivity contribution in [3.63, 3.8) is 0 Å². The van der Waals surface area contributed by atoms with Gasteiger partial charge in [-0.25, -0.2) is 0 Å². The van der Waals surface area contributed by atoms with Crippen molar-refractivity contribution in [1.29, 1.82) is 0 Å². The molecule has 2 atom stereocenters. The van der Waals surface area contributed by atoms with Gasteiger partial charge in [0.15, 0.2) is 4.93 Å². The van der Waals surface area contributed by atoms with E-state index in [1.54, 1.807) is 0 Å². The molecule has 2 aliphatic heterocycles. The van der Waals surface area contributed by atoms with Gasteiger partial charge in [-0.1, -0.05) is 68.4 Å². The number of thioether (sulfide) groups is 1. The second-order valence-electron chi connectivity index (χ2n) is 7.40. The van der Waals surface area contributed by atoms with Gasteiger partial charge in [0.05, 0.1) is 6.10 Å². The lowest BCUT2D eigenvalue weighted by atomic mass is 9.73. The van der Waals surface area contributed by atoms with E-state index >= 15 is 0 Å². The summed E-state index contributed by atoms with van der Waals surface area (Å²) in [6.07, 6.45) is 0.139. The number of fused-ring (bicyclic) bond motifs is 5. The normalized spacial score (nSPS) is 30.8. The van der Waals surface area contributed by atoms with Crippen LogP contribution in [-0.4, -0.2) is 4.75 Å². The van der Waals surface area contributed by atoms with Crippen LogP contribution in [0.25, 0.3) is 0 Å². The van der Waals surface area contributed by atoms with Crippen molar-refractivity contribution < 1.29 is 4.74 Å². The van der Waals surface area contributed by atoms with Crippen LogP contribution in [0.1, 0.15) is 50.5 Å². The van der Waals surface area contributed by atoms with Gasteiger partial charge in [0, 0.05) is 15.7 Å². The van der Waals surface area contributed by atoms with Crippen molar-refractivity contribution in [2.24, 2.45) is 5.41 Å². The summed E-state index contributed by atoms with van der Waals surface area (Å²) >= 11 is 1.96. The summed E-state index contributed by atoms with van der Waals surface area (Å²) in [5, 5.41) is 0. The van der Waals surface area contributed by atoms with Gasteiger partial charge in [0.2, 0.25) is 0 Å². The number of benzene rings is 2. The fraction of sp³-hybridized carbons (Fsp3) is 0.400. The van der Waals surface area contributed by atoms with Crippen molar-refractivity contribution in [2.45, 2.75) is 43.5 Å². The summed E-state index contributed by atoms with van der Waals surface area (Å²) in [4.78, 5) is -0.373. The Hall–Kier alpha value is -1.25. The molecule has 22 heavy (non-hydrogen) atoms. The molecule has 2 aliphatic rings. The Morgan fingerprint density at radius 3 is 2.23 bits per heavy atom. The highest BCUT2D eigenvalue weighted by Crippen LogP contribution is 2.70. The van der Waals surface area contributed by atoms with Crippen LogP contribution in [0.2, 0.25) is 0 Å². The third-order valence-corrected chi connectivity index (χ3v) is 7.52. The molecule has 0 saturated carbocycles. The third kappa shape index (κ3) is 1.65. The Kier molecular flexibility index (Phi) is 2.87.